The Hall–Kier alpha value is -1.26. The second-order valence-corrected chi connectivity index (χ2v) is 5.18. The molecule has 0 aromatic heterocycles. The molecular weight excluding hydrogens is 268 g/mol. The van der Waals surface area contributed by atoms with Crippen LogP contribution in [-0.4, -0.2) is 31.0 Å². The molecule has 1 aromatic carbocycles. The van der Waals surface area contributed by atoms with Crippen molar-refractivity contribution in [2.75, 3.05) is 19.8 Å². The summed E-state index contributed by atoms with van der Waals surface area (Å²) in [6.07, 6.45) is -0.915. The summed E-state index contributed by atoms with van der Waals surface area (Å²) >= 11 is 0. The Morgan fingerprint density at radius 3 is 2.10 bits per heavy atom. The quantitative estimate of drug-likeness (QED) is 0.756. The maximum atomic E-state index is 10.6. The van der Waals surface area contributed by atoms with Gasteiger partial charge in [0.15, 0.2) is 11.5 Å². The molecule has 0 radical (unpaired) electrons. The van der Waals surface area contributed by atoms with Crippen molar-refractivity contribution in [1.29, 1.82) is 0 Å². The van der Waals surface area contributed by atoms with Crippen molar-refractivity contribution in [2.24, 2.45) is 5.92 Å². The van der Waals surface area contributed by atoms with E-state index in [-0.39, 0.29) is 12.0 Å². The Morgan fingerprint density at radius 2 is 1.57 bits per heavy atom. The summed E-state index contributed by atoms with van der Waals surface area (Å²) in [5.41, 5.74) is 0.786. The van der Waals surface area contributed by atoms with Crippen LogP contribution in [0.1, 0.15) is 46.3 Å². The minimum atomic E-state index is -0.681. The monoisotopic (exact) mass is 296 g/mol. The molecule has 1 rings (SSSR count). The standard InChI is InChI=1S/C17H28O4/c1-6-19-14-10-9-13(11-15(14)20-7-2)16(18)17(12(4)5)21-8-3/h9-12,16-18H,6-8H2,1-5H3. The number of hydrogen-bond acceptors (Lipinski definition) is 4. The normalized spacial score (nSPS) is 14.0. The van der Waals surface area contributed by atoms with E-state index in [1.807, 2.05) is 52.8 Å². The maximum Gasteiger partial charge on any atom is 0.161 e. The van der Waals surface area contributed by atoms with E-state index in [4.69, 9.17) is 14.2 Å². The van der Waals surface area contributed by atoms with E-state index in [1.54, 1.807) is 0 Å². The summed E-state index contributed by atoms with van der Waals surface area (Å²) < 4.78 is 16.8. The van der Waals surface area contributed by atoms with Crippen LogP contribution in [-0.2, 0) is 4.74 Å². The van der Waals surface area contributed by atoms with Crippen LogP contribution in [0.5, 0.6) is 11.5 Å². The first-order valence-corrected chi connectivity index (χ1v) is 7.74. The van der Waals surface area contributed by atoms with Gasteiger partial charge in [0.2, 0.25) is 0 Å². The molecule has 0 bridgehead atoms. The molecule has 0 aliphatic carbocycles. The van der Waals surface area contributed by atoms with Gasteiger partial charge in [-0.2, -0.15) is 0 Å². The SMILES string of the molecule is CCOc1ccc(C(O)C(OCC)C(C)C)cc1OCC. The topological polar surface area (TPSA) is 47.9 Å². The Morgan fingerprint density at radius 1 is 0.952 bits per heavy atom. The van der Waals surface area contributed by atoms with Crippen molar-refractivity contribution in [2.45, 2.75) is 46.8 Å². The Labute approximate surface area is 128 Å². The van der Waals surface area contributed by atoms with Crippen molar-refractivity contribution in [3.63, 3.8) is 0 Å². The number of rotatable bonds is 9. The molecule has 4 heteroatoms. The average molecular weight is 296 g/mol. The minimum Gasteiger partial charge on any atom is -0.490 e. The van der Waals surface area contributed by atoms with Gasteiger partial charge >= 0.3 is 0 Å². The van der Waals surface area contributed by atoms with E-state index in [1.165, 1.54) is 0 Å². The minimum absolute atomic E-state index is 0.224. The van der Waals surface area contributed by atoms with Crippen molar-refractivity contribution in [1.82, 2.24) is 0 Å². The van der Waals surface area contributed by atoms with E-state index in [0.717, 1.165) is 5.56 Å². The zero-order valence-electron chi connectivity index (χ0n) is 13.8. The third kappa shape index (κ3) is 4.90. The summed E-state index contributed by atoms with van der Waals surface area (Å²) in [5.74, 6) is 1.59. The van der Waals surface area contributed by atoms with Crippen LogP contribution >= 0.6 is 0 Å². The third-order valence-electron chi connectivity index (χ3n) is 3.24. The molecule has 0 saturated heterocycles. The Balaban J connectivity index is 3.02. The molecule has 0 saturated carbocycles. The van der Waals surface area contributed by atoms with E-state index < -0.39 is 6.10 Å². The Kier molecular flexibility index (Phi) is 7.54. The first-order chi connectivity index (χ1) is 10.0. The van der Waals surface area contributed by atoms with Gasteiger partial charge in [-0.05, 0) is 44.4 Å². The zero-order valence-corrected chi connectivity index (χ0v) is 13.8. The molecular formula is C17H28O4. The van der Waals surface area contributed by atoms with Crippen LogP contribution in [0, 0.1) is 5.92 Å². The highest BCUT2D eigenvalue weighted by atomic mass is 16.5. The van der Waals surface area contributed by atoms with Gasteiger partial charge in [0.05, 0.1) is 19.3 Å². The lowest BCUT2D eigenvalue weighted by molar-refractivity contribution is -0.0586. The molecule has 2 unspecified atom stereocenters. The van der Waals surface area contributed by atoms with Gasteiger partial charge in [0.1, 0.15) is 6.10 Å². The van der Waals surface area contributed by atoms with Gasteiger partial charge < -0.3 is 19.3 Å². The fraction of sp³-hybridized carbons (Fsp3) is 0.647. The molecule has 0 aliphatic heterocycles. The first kappa shape index (κ1) is 17.8. The van der Waals surface area contributed by atoms with Gasteiger partial charge in [-0.15, -0.1) is 0 Å². The third-order valence-corrected chi connectivity index (χ3v) is 3.24. The molecule has 0 heterocycles. The lowest BCUT2D eigenvalue weighted by Gasteiger charge is -2.27. The average Bonchev–Trinajstić information content (AvgIpc) is 2.46. The summed E-state index contributed by atoms with van der Waals surface area (Å²) in [5, 5.41) is 10.6. The molecule has 0 amide bonds. The van der Waals surface area contributed by atoms with Crippen LogP contribution in [0.2, 0.25) is 0 Å². The van der Waals surface area contributed by atoms with Crippen molar-refractivity contribution >= 4 is 0 Å². The van der Waals surface area contributed by atoms with Crippen LogP contribution in [0.25, 0.3) is 0 Å². The molecule has 4 nitrogen and oxygen atoms in total. The summed E-state index contributed by atoms with van der Waals surface area (Å²) in [6.45, 7) is 11.6. The highest BCUT2D eigenvalue weighted by Crippen LogP contribution is 2.33. The maximum absolute atomic E-state index is 10.6. The number of hydrogen-bond donors (Lipinski definition) is 1. The van der Waals surface area contributed by atoms with Crippen molar-refractivity contribution in [3.8, 4) is 11.5 Å². The number of ether oxygens (including phenoxy) is 3. The zero-order chi connectivity index (χ0) is 15.8. The molecule has 1 aromatic rings. The lowest BCUT2D eigenvalue weighted by Crippen LogP contribution is -2.27. The number of aliphatic hydroxyl groups excluding tert-OH is 1. The van der Waals surface area contributed by atoms with Crippen molar-refractivity contribution in [3.05, 3.63) is 23.8 Å². The number of aliphatic hydroxyl groups is 1. The molecule has 1 N–H and O–H groups in total. The van der Waals surface area contributed by atoms with E-state index in [2.05, 4.69) is 0 Å². The molecule has 0 aliphatic rings. The van der Waals surface area contributed by atoms with Gasteiger partial charge in [0.25, 0.3) is 0 Å². The highest BCUT2D eigenvalue weighted by molar-refractivity contribution is 5.43. The smallest absolute Gasteiger partial charge is 0.161 e. The first-order valence-electron chi connectivity index (χ1n) is 7.74. The number of benzene rings is 1. The van der Waals surface area contributed by atoms with Gasteiger partial charge in [-0.3, -0.25) is 0 Å². The second-order valence-electron chi connectivity index (χ2n) is 5.18. The van der Waals surface area contributed by atoms with Crippen LogP contribution in [0.3, 0.4) is 0 Å². The Bertz CT molecular complexity index is 417. The second kappa shape index (κ2) is 8.90. The molecule has 0 spiro atoms. The molecule has 2 atom stereocenters. The lowest BCUT2D eigenvalue weighted by atomic mass is 9.95. The fourth-order valence-electron chi connectivity index (χ4n) is 2.28. The fourth-order valence-corrected chi connectivity index (χ4v) is 2.28. The van der Waals surface area contributed by atoms with E-state index in [9.17, 15) is 5.11 Å². The van der Waals surface area contributed by atoms with Crippen LogP contribution in [0.15, 0.2) is 18.2 Å². The predicted molar refractivity (Wildman–Crippen MR) is 84.0 cm³/mol. The summed E-state index contributed by atoms with van der Waals surface area (Å²) in [4.78, 5) is 0. The van der Waals surface area contributed by atoms with Gasteiger partial charge in [-0.1, -0.05) is 19.9 Å². The summed E-state index contributed by atoms with van der Waals surface area (Å²) in [7, 11) is 0. The molecule has 0 fully saturated rings. The van der Waals surface area contributed by atoms with Crippen LogP contribution in [0.4, 0.5) is 0 Å². The van der Waals surface area contributed by atoms with E-state index >= 15 is 0 Å². The predicted octanol–water partition coefficient (Wildman–Crippen LogP) is 3.58. The van der Waals surface area contributed by atoms with Gasteiger partial charge in [0, 0.05) is 6.61 Å². The van der Waals surface area contributed by atoms with Gasteiger partial charge in [-0.25, -0.2) is 0 Å². The van der Waals surface area contributed by atoms with Crippen molar-refractivity contribution < 1.29 is 19.3 Å². The van der Waals surface area contributed by atoms with E-state index in [0.29, 0.717) is 31.3 Å². The largest absolute Gasteiger partial charge is 0.490 e. The molecule has 120 valence electrons. The summed E-state index contributed by atoms with van der Waals surface area (Å²) in [6, 6.07) is 5.55. The highest BCUT2D eigenvalue weighted by Gasteiger charge is 2.25. The van der Waals surface area contributed by atoms with Crippen LogP contribution < -0.4 is 9.47 Å². The molecule has 21 heavy (non-hydrogen) atoms.